The first-order valence-corrected chi connectivity index (χ1v) is 5.09. The number of nitro benzene ring substituents is 1. The standard InChI is InChI=1S/C10H8BrN3O2/c1-7(11)6-13-9-3-2-8(5-12)10(4-9)14(15)16/h2-4,13H,1,6H2. The number of nitriles is 1. The molecule has 0 aliphatic carbocycles. The molecule has 0 saturated heterocycles. The molecule has 0 radical (unpaired) electrons. The second-order valence-electron chi connectivity index (χ2n) is 2.97. The summed E-state index contributed by atoms with van der Waals surface area (Å²) in [4.78, 5) is 10.1. The number of rotatable bonds is 4. The monoisotopic (exact) mass is 281 g/mol. The van der Waals surface area contributed by atoms with E-state index in [0.29, 0.717) is 12.2 Å². The minimum Gasteiger partial charge on any atom is -0.380 e. The highest BCUT2D eigenvalue weighted by Crippen LogP contribution is 2.22. The van der Waals surface area contributed by atoms with Crippen molar-refractivity contribution in [3.05, 3.63) is 44.9 Å². The van der Waals surface area contributed by atoms with Gasteiger partial charge in [-0.2, -0.15) is 5.26 Å². The molecular weight excluding hydrogens is 274 g/mol. The molecular formula is C10H8BrN3O2. The average Bonchev–Trinajstić information content (AvgIpc) is 2.25. The van der Waals surface area contributed by atoms with Crippen LogP contribution in [0.2, 0.25) is 0 Å². The van der Waals surface area contributed by atoms with Gasteiger partial charge in [0.1, 0.15) is 11.6 Å². The van der Waals surface area contributed by atoms with E-state index in [9.17, 15) is 10.1 Å². The Morgan fingerprint density at radius 2 is 2.38 bits per heavy atom. The maximum atomic E-state index is 10.7. The van der Waals surface area contributed by atoms with Crippen LogP contribution in [0.4, 0.5) is 11.4 Å². The van der Waals surface area contributed by atoms with Gasteiger partial charge in [-0.1, -0.05) is 22.5 Å². The highest BCUT2D eigenvalue weighted by atomic mass is 79.9. The highest BCUT2D eigenvalue weighted by Gasteiger charge is 2.13. The van der Waals surface area contributed by atoms with Crippen LogP contribution in [-0.2, 0) is 0 Å². The Morgan fingerprint density at radius 3 is 2.88 bits per heavy atom. The Labute approximate surface area is 101 Å². The molecule has 82 valence electrons. The largest absolute Gasteiger partial charge is 0.380 e. The summed E-state index contributed by atoms with van der Waals surface area (Å²) in [6.45, 7) is 4.09. The zero-order chi connectivity index (χ0) is 12.1. The summed E-state index contributed by atoms with van der Waals surface area (Å²) >= 11 is 3.16. The zero-order valence-electron chi connectivity index (χ0n) is 8.24. The lowest BCUT2D eigenvalue weighted by Crippen LogP contribution is -2.01. The van der Waals surface area contributed by atoms with Crippen LogP contribution in [0.15, 0.2) is 29.3 Å². The number of benzene rings is 1. The first-order valence-electron chi connectivity index (χ1n) is 4.30. The van der Waals surface area contributed by atoms with E-state index in [1.807, 2.05) is 0 Å². The van der Waals surface area contributed by atoms with Gasteiger partial charge >= 0.3 is 0 Å². The van der Waals surface area contributed by atoms with E-state index in [2.05, 4.69) is 27.8 Å². The Kier molecular flexibility index (Phi) is 4.03. The molecule has 1 rings (SSSR count). The van der Waals surface area contributed by atoms with Crippen LogP contribution < -0.4 is 5.32 Å². The highest BCUT2D eigenvalue weighted by molar-refractivity contribution is 9.11. The lowest BCUT2D eigenvalue weighted by Gasteiger charge is -2.05. The molecule has 1 aromatic rings. The maximum absolute atomic E-state index is 10.7. The van der Waals surface area contributed by atoms with Gasteiger partial charge < -0.3 is 5.32 Å². The number of hydrogen-bond acceptors (Lipinski definition) is 4. The van der Waals surface area contributed by atoms with Crippen molar-refractivity contribution in [2.24, 2.45) is 0 Å². The van der Waals surface area contributed by atoms with Gasteiger partial charge in [0, 0.05) is 22.8 Å². The molecule has 0 amide bonds. The fraction of sp³-hybridized carbons (Fsp3) is 0.100. The van der Waals surface area contributed by atoms with Crippen LogP contribution in [0.1, 0.15) is 5.56 Å². The molecule has 0 aliphatic rings. The van der Waals surface area contributed by atoms with Crippen LogP contribution in [0.25, 0.3) is 0 Å². The second-order valence-corrected chi connectivity index (χ2v) is 4.09. The first-order chi connectivity index (χ1) is 7.54. The van der Waals surface area contributed by atoms with Crippen molar-refractivity contribution < 1.29 is 4.92 Å². The van der Waals surface area contributed by atoms with Crippen LogP contribution in [0.3, 0.4) is 0 Å². The number of hydrogen-bond donors (Lipinski definition) is 1. The summed E-state index contributed by atoms with van der Waals surface area (Å²) in [6.07, 6.45) is 0. The number of anilines is 1. The summed E-state index contributed by atoms with van der Waals surface area (Å²) < 4.78 is 0.736. The molecule has 0 aromatic heterocycles. The predicted octanol–water partition coefficient (Wildman–Crippen LogP) is 2.79. The van der Waals surface area contributed by atoms with Crippen LogP contribution in [0.5, 0.6) is 0 Å². The van der Waals surface area contributed by atoms with Crippen LogP contribution >= 0.6 is 15.9 Å². The molecule has 6 heteroatoms. The van der Waals surface area contributed by atoms with E-state index in [4.69, 9.17) is 5.26 Å². The molecule has 1 aromatic carbocycles. The Bertz CT molecular complexity index is 479. The van der Waals surface area contributed by atoms with E-state index < -0.39 is 4.92 Å². The van der Waals surface area contributed by atoms with Crippen molar-refractivity contribution in [3.8, 4) is 6.07 Å². The minimum absolute atomic E-state index is 0.0493. The molecule has 0 unspecified atom stereocenters. The smallest absolute Gasteiger partial charge is 0.289 e. The van der Waals surface area contributed by atoms with Gasteiger partial charge in [0.15, 0.2) is 0 Å². The van der Waals surface area contributed by atoms with E-state index in [-0.39, 0.29) is 11.3 Å². The molecule has 0 heterocycles. The minimum atomic E-state index is -0.577. The molecule has 0 saturated carbocycles. The Balaban J connectivity index is 2.99. The maximum Gasteiger partial charge on any atom is 0.289 e. The van der Waals surface area contributed by atoms with Gasteiger partial charge in [-0.05, 0) is 12.1 Å². The fourth-order valence-corrected chi connectivity index (χ4v) is 1.23. The summed E-state index contributed by atoms with van der Waals surface area (Å²) in [5.74, 6) is 0. The summed E-state index contributed by atoms with van der Waals surface area (Å²) in [5, 5.41) is 22.3. The lowest BCUT2D eigenvalue weighted by molar-refractivity contribution is -0.385. The van der Waals surface area contributed by atoms with E-state index in [0.717, 1.165) is 4.48 Å². The third-order valence-electron chi connectivity index (χ3n) is 1.80. The number of nitrogens with zero attached hydrogens (tertiary/aromatic N) is 2. The summed E-state index contributed by atoms with van der Waals surface area (Å²) in [5.41, 5.74) is 0.423. The SMILES string of the molecule is C=C(Br)CNc1ccc(C#N)c([N+](=O)[O-])c1. The zero-order valence-corrected chi connectivity index (χ0v) is 9.82. The van der Waals surface area contributed by atoms with E-state index >= 15 is 0 Å². The van der Waals surface area contributed by atoms with Crippen LogP contribution in [0, 0.1) is 21.4 Å². The number of nitrogens with one attached hydrogen (secondary N) is 1. The molecule has 16 heavy (non-hydrogen) atoms. The molecule has 5 nitrogen and oxygen atoms in total. The van der Waals surface area contributed by atoms with Gasteiger partial charge in [-0.3, -0.25) is 10.1 Å². The quantitative estimate of drug-likeness (QED) is 0.680. The van der Waals surface area contributed by atoms with E-state index in [1.54, 1.807) is 12.1 Å². The Morgan fingerprint density at radius 1 is 1.69 bits per heavy atom. The van der Waals surface area contributed by atoms with Gasteiger partial charge in [0.25, 0.3) is 5.69 Å². The topological polar surface area (TPSA) is 79.0 Å². The Hall–Kier alpha value is -1.87. The van der Waals surface area contributed by atoms with Crippen molar-refractivity contribution in [3.63, 3.8) is 0 Å². The fourth-order valence-electron chi connectivity index (χ4n) is 1.09. The lowest BCUT2D eigenvalue weighted by atomic mass is 10.2. The van der Waals surface area contributed by atoms with Gasteiger partial charge in [-0.15, -0.1) is 0 Å². The predicted molar refractivity (Wildman–Crippen MR) is 64.4 cm³/mol. The third-order valence-corrected chi connectivity index (χ3v) is 2.08. The molecule has 1 N–H and O–H groups in total. The van der Waals surface area contributed by atoms with Crippen molar-refractivity contribution in [1.29, 1.82) is 5.26 Å². The second kappa shape index (κ2) is 5.28. The third kappa shape index (κ3) is 3.07. The number of halogens is 1. The average molecular weight is 282 g/mol. The van der Waals surface area contributed by atoms with Crippen molar-refractivity contribution >= 4 is 27.3 Å². The van der Waals surface area contributed by atoms with Gasteiger partial charge in [0.05, 0.1) is 4.92 Å². The summed E-state index contributed by atoms with van der Waals surface area (Å²) in [7, 11) is 0. The molecule has 0 atom stereocenters. The number of nitro groups is 1. The van der Waals surface area contributed by atoms with Gasteiger partial charge in [0.2, 0.25) is 0 Å². The summed E-state index contributed by atoms with van der Waals surface area (Å²) in [6, 6.07) is 6.13. The van der Waals surface area contributed by atoms with Crippen molar-refractivity contribution in [1.82, 2.24) is 0 Å². The van der Waals surface area contributed by atoms with Crippen molar-refractivity contribution in [2.45, 2.75) is 0 Å². The van der Waals surface area contributed by atoms with E-state index in [1.165, 1.54) is 12.1 Å². The molecule has 0 aliphatic heterocycles. The molecule has 0 bridgehead atoms. The van der Waals surface area contributed by atoms with Crippen LogP contribution in [-0.4, -0.2) is 11.5 Å². The first kappa shape index (κ1) is 12.2. The van der Waals surface area contributed by atoms with Crippen molar-refractivity contribution in [2.75, 3.05) is 11.9 Å². The molecule has 0 fully saturated rings. The van der Waals surface area contributed by atoms with Gasteiger partial charge in [-0.25, -0.2) is 0 Å². The normalized spacial score (nSPS) is 9.25. The molecule has 0 spiro atoms.